The van der Waals surface area contributed by atoms with Crippen molar-refractivity contribution in [3.8, 4) is 0 Å². The quantitative estimate of drug-likeness (QED) is 0.755. The van der Waals surface area contributed by atoms with E-state index in [9.17, 15) is 4.79 Å². The number of amides is 1. The molecule has 0 aliphatic heterocycles. The molecule has 0 atom stereocenters. The number of carbonyl (C=O) groups is 1. The van der Waals surface area contributed by atoms with E-state index in [4.69, 9.17) is 0 Å². The van der Waals surface area contributed by atoms with E-state index in [-0.39, 0.29) is 0 Å². The van der Waals surface area contributed by atoms with Gasteiger partial charge in [0.05, 0.1) is 0 Å². The van der Waals surface area contributed by atoms with Crippen molar-refractivity contribution in [3.63, 3.8) is 0 Å². The van der Waals surface area contributed by atoms with Gasteiger partial charge in [-0.3, -0.25) is 4.79 Å². The van der Waals surface area contributed by atoms with Gasteiger partial charge in [-0.05, 0) is 74.5 Å². The van der Waals surface area contributed by atoms with Gasteiger partial charge in [-0.1, -0.05) is 19.3 Å². The van der Waals surface area contributed by atoms with Gasteiger partial charge in [0, 0.05) is 19.5 Å². The van der Waals surface area contributed by atoms with Crippen molar-refractivity contribution >= 4 is 5.91 Å². The number of rotatable bonds is 3. The van der Waals surface area contributed by atoms with E-state index >= 15 is 0 Å². The van der Waals surface area contributed by atoms with E-state index in [1.165, 1.54) is 70.6 Å². The van der Waals surface area contributed by atoms with Gasteiger partial charge in [-0.2, -0.15) is 0 Å². The zero-order chi connectivity index (χ0) is 14.4. The average Bonchev–Trinajstić information content (AvgIpc) is 2.45. The molecule has 1 amide bonds. The molecule has 0 heterocycles. The highest BCUT2D eigenvalue weighted by molar-refractivity contribution is 5.77. The zero-order valence-corrected chi connectivity index (χ0v) is 13.7. The summed E-state index contributed by atoms with van der Waals surface area (Å²) in [4.78, 5) is 15.0. The summed E-state index contributed by atoms with van der Waals surface area (Å²) in [5.74, 6) is 3.35. The summed E-state index contributed by atoms with van der Waals surface area (Å²) >= 11 is 0. The van der Waals surface area contributed by atoms with Crippen LogP contribution in [0.4, 0.5) is 0 Å². The van der Waals surface area contributed by atoms with Crippen LogP contribution >= 0.6 is 0 Å². The lowest BCUT2D eigenvalue weighted by Crippen LogP contribution is -2.49. The van der Waals surface area contributed by atoms with Crippen molar-refractivity contribution in [1.29, 1.82) is 0 Å². The van der Waals surface area contributed by atoms with E-state index in [2.05, 4.69) is 11.9 Å². The van der Waals surface area contributed by atoms with Crippen LogP contribution in [0.2, 0.25) is 0 Å². The largest absolute Gasteiger partial charge is 0.343 e. The van der Waals surface area contributed by atoms with Crippen molar-refractivity contribution in [2.24, 2.45) is 23.2 Å². The van der Waals surface area contributed by atoms with Crippen molar-refractivity contribution in [3.05, 3.63) is 0 Å². The number of hydrogen-bond donors (Lipinski definition) is 0. The molecular formula is C19H31NO. The topological polar surface area (TPSA) is 20.3 Å². The third-order valence-corrected chi connectivity index (χ3v) is 7.21. The first-order chi connectivity index (χ1) is 10.1. The molecular weight excluding hydrogens is 258 g/mol. The molecule has 5 saturated carbocycles. The molecule has 21 heavy (non-hydrogen) atoms. The smallest absolute Gasteiger partial charge is 0.223 e. The SMILES string of the molecule is CN(C(=O)CC12CC3CC(CC(C3)C1)C2)C1CCCCC1. The maximum Gasteiger partial charge on any atom is 0.223 e. The first-order valence-corrected chi connectivity index (χ1v) is 9.39. The van der Waals surface area contributed by atoms with Gasteiger partial charge < -0.3 is 4.90 Å². The minimum Gasteiger partial charge on any atom is -0.343 e. The van der Waals surface area contributed by atoms with Crippen LogP contribution in [0.3, 0.4) is 0 Å². The summed E-state index contributed by atoms with van der Waals surface area (Å²) in [6.45, 7) is 0. The Morgan fingerprint density at radius 1 is 0.952 bits per heavy atom. The predicted molar refractivity (Wildman–Crippen MR) is 84.9 cm³/mol. The molecule has 0 spiro atoms. The summed E-state index contributed by atoms with van der Waals surface area (Å²) < 4.78 is 0. The standard InChI is InChI=1S/C19H31NO/c1-20(17-5-3-2-4-6-17)18(21)13-19-10-14-7-15(11-19)9-16(8-14)12-19/h14-17H,2-13H2,1H3. The lowest BCUT2D eigenvalue weighted by Gasteiger charge is -2.57. The molecule has 5 fully saturated rings. The fourth-order valence-corrected chi connectivity index (χ4v) is 6.62. The van der Waals surface area contributed by atoms with Crippen LogP contribution < -0.4 is 0 Å². The first-order valence-electron chi connectivity index (χ1n) is 9.39. The third-order valence-electron chi connectivity index (χ3n) is 7.21. The molecule has 5 aliphatic carbocycles. The van der Waals surface area contributed by atoms with Crippen LogP contribution in [0.5, 0.6) is 0 Å². The second-order valence-corrected chi connectivity index (χ2v) is 8.89. The van der Waals surface area contributed by atoms with Gasteiger partial charge in [0.2, 0.25) is 5.91 Å². The molecule has 2 nitrogen and oxygen atoms in total. The highest BCUT2D eigenvalue weighted by Crippen LogP contribution is 2.61. The second kappa shape index (κ2) is 5.28. The van der Waals surface area contributed by atoms with Gasteiger partial charge in [0.15, 0.2) is 0 Å². The molecule has 0 N–H and O–H groups in total. The molecule has 0 aromatic carbocycles. The van der Waals surface area contributed by atoms with Gasteiger partial charge in [0.25, 0.3) is 0 Å². The molecule has 2 heteroatoms. The monoisotopic (exact) mass is 289 g/mol. The van der Waals surface area contributed by atoms with Gasteiger partial charge in [-0.15, -0.1) is 0 Å². The minimum atomic E-state index is 0.411. The highest BCUT2D eigenvalue weighted by atomic mass is 16.2. The lowest BCUT2D eigenvalue weighted by molar-refractivity contribution is -0.140. The maximum atomic E-state index is 12.9. The number of carbonyl (C=O) groups excluding carboxylic acids is 1. The predicted octanol–water partition coefficient (Wildman–Crippen LogP) is 4.38. The molecule has 0 radical (unpaired) electrons. The van der Waals surface area contributed by atoms with Crippen molar-refractivity contribution in [2.75, 3.05) is 7.05 Å². The fraction of sp³-hybridized carbons (Fsp3) is 0.947. The van der Waals surface area contributed by atoms with Gasteiger partial charge in [-0.25, -0.2) is 0 Å². The second-order valence-electron chi connectivity index (χ2n) is 8.89. The van der Waals surface area contributed by atoms with Crippen LogP contribution in [0.15, 0.2) is 0 Å². The summed E-state index contributed by atoms with van der Waals surface area (Å²) in [6, 6.07) is 0.542. The van der Waals surface area contributed by atoms with E-state index in [0.29, 0.717) is 17.4 Å². The lowest BCUT2D eigenvalue weighted by atomic mass is 9.49. The van der Waals surface area contributed by atoms with Gasteiger partial charge in [0.1, 0.15) is 0 Å². The van der Waals surface area contributed by atoms with E-state index in [1.807, 2.05) is 0 Å². The molecule has 118 valence electrons. The highest BCUT2D eigenvalue weighted by Gasteiger charge is 2.51. The Morgan fingerprint density at radius 3 is 2.00 bits per heavy atom. The number of nitrogens with zero attached hydrogens (tertiary/aromatic N) is 1. The van der Waals surface area contributed by atoms with Crippen LogP contribution in [-0.2, 0) is 4.79 Å². The molecule has 5 aliphatic rings. The van der Waals surface area contributed by atoms with E-state index in [1.54, 1.807) is 0 Å². The Balaban J connectivity index is 1.42. The Bertz CT molecular complexity index is 375. The molecule has 0 aromatic rings. The minimum absolute atomic E-state index is 0.411. The van der Waals surface area contributed by atoms with Crippen molar-refractivity contribution in [1.82, 2.24) is 4.90 Å². The Kier molecular flexibility index (Phi) is 3.54. The zero-order valence-electron chi connectivity index (χ0n) is 13.7. The van der Waals surface area contributed by atoms with Crippen molar-refractivity contribution in [2.45, 2.75) is 83.1 Å². The Labute approximate surface area is 129 Å². The average molecular weight is 289 g/mol. The Morgan fingerprint density at radius 2 is 1.48 bits per heavy atom. The Hall–Kier alpha value is -0.530. The normalized spacial score (nSPS) is 42.2. The maximum absolute atomic E-state index is 12.9. The molecule has 5 rings (SSSR count). The van der Waals surface area contributed by atoms with Crippen LogP contribution in [0, 0.1) is 23.2 Å². The van der Waals surface area contributed by atoms with Crippen LogP contribution in [0.1, 0.15) is 77.0 Å². The fourth-order valence-electron chi connectivity index (χ4n) is 6.62. The van der Waals surface area contributed by atoms with Crippen LogP contribution in [0.25, 0.3) is 0 Å². The van der Waals surface area contributed by atoms with E-state index in [0.717, 1.165) is 24.2 Å². The molecule has 0 aromatic heterocycles. The molecule has 4 bridgehead atoms. The van der Waals surface area contributed by atoms with Gasteiger partial charge >= 0.3 is 0 Å². The molecule has 0 unspecified atom stereocenters. The third kappa shape index (κ3) is 2.64. The van der Waals surface area contributed by atoms with Crippen molar-refractivity contribution < 1.29 is 4.79 Å². The number of hydrogen-bond acceptors (Lipinski definition) is 1. The van der Waals surface area contributed by atoms with E-state index < -0.39 is 0 Å². The van der Waals surface area contributed by atoms with Crippen LogP contribution in [-0.4, -0.2) is 23.9 Å². The summed E-state index contributed by atoms with van der Waals surface area (Å²) in [7, 11) is 2.08. The summed E-state index contributed by atoms with van der Waals surface area (Å²) in [5, 5.41) is 0. The first kappa shape index (κ1) is 14.1. The molecule has 0 saturated heterocycles. The summed E-state index contributed by atoms with van der Waals surface area (Å²) in [5.41, 5.74) is 0.411. The summed E-state index contributed by atoms with van der Waals surface area (Å²) in [6.07, 6.45) is 15.9.